The summed E-state index contributed by atoms with van der Waals surface area (Å²) >= 11 is 5.92. The Labute approximate surface area is 113 Å². The second kappa shape index (κ2) is 7.56. The second-order valence-electron chi connectivity index (χ2n) is 4.14. The maximum Gasteiger partial charge on any atom is 0.125 e. The molecule has 0 radical (unpaired) electrons. The molecule has 5 heteroatoms. The van der Waals surface area contributed by atoms with Gasteiger partial charge in [-0.2, -0.15) is 0 Å². The number of aliphatic hydroxyl groups excluding tert-OH is 1. The molecule has 3 nitrogen and oxygen atoms in total. The van der Waals surface area contributed by atoms with Crippen molar-refractivity contribution in [2.45, 2.75) is 20.0 Å². The molecule has 1 aromatic carbocycles. The zero-order chi connectivity index (χ0) is 13.5. The number of anilines is 1. The number of likely N-dealkylation sites (N-methyl/N-ethyl adjacent to an activating group) is 1. The number of benzene rings is 1. The summed E-state index contributed by atoms with van der Waals surface area (Å²) in [5.74, 6) is -0.347. The van der Waals surface area contributed by atoms with Gasteiger partial charge in [0.25, 0.3) is 0 Å². The fourth-order valence-corrected chi connectivity index (χ4v) is 1.89. The summed E-state index contributed by atoms with van der Waals surface area (Å²) in [5, 5.41) is 13.3. The third kappa shape index (κ3) is 4.80. The molecule has 0 saturated carbocycles. The lowest BCUT2D eigenvalue weighted by atomic mass is 10.2. The Kier molecular flexibility index (Phi) is 6.39. The first kappa shape index (κ1) is 15.2. The van der Waals surface area contributed by atoms with E-state index in [1.165, 1.54) is 18.2 Å². The maximum atomic E-state index is 13.0. The predicted molar refractivity (Wildman–Crippen MR) is 73.7 cm³/mol. The van der Waals surface area contributed by atoms with E-state index in [1.54, 1.807) is 0 Å². The first-order chi connectivity index (χ1) is 8.56. The van der Waals surface area contributed by atoms with Gasteiger partial charge in [0.05, 0.1) is 16.8 Å². The van der Waals surface area contributed by atoms with E-state index in [2.05, 4.69) is 10.2 Å². The van der Waals surface area contributed by atoms with Gasteiger partial charge in [-0.15, -0.1) is 0 Å². The minimum Gasteiger partial charge on any atom is -0.390 e. The SMILES string of the molecule is CCN(CC)CC(O)CNc1cc(F)ccc1Cl. The van der Waals surface area contributed by atoms with Crippen molar-refractivity contribution in [3.63, 3.8) is 0 Å². The Morgan fingerprint density at radius 1 is 1.39 bits per heavy atom. The molecule has 1 unspecified atom stereocenters. The third-order valence-corrected chi connectivity index (χ3v) is 3.15. The molecule has 0 heterocycles. The first-order valence-corrected chi connectivity index (χ1v) is 6.54. The van der Waals surface area contributed by atoms with E-state index in [-0.39, 0.29) is 5.82 Å². The molecule has 0 fully saturated rings. The van der Waals surface area contributed by atoms with Crippen LogP contribution in [-0.4, -0.2) is 42.3 Å². The molecule has 0 spiro atoms. The van der Waals surface area contributed by atoms with Crippen molar-refractivity contribution in [2.24, 2.45) is 0 Å². The highest BCUT2D eigenvalue weighted by Gasteiger charge is 2.09. The highest BCUT2D eigenvalue weighted by molar-refractivity contribution is 6.33. The van der Waals surface area contributed by atoms with Crippen LogP contribution in [0.15, 0.2) is 18.2 Å². The third-order valence-electron chi connectivity index (χ3n) is 2.82. The second-order valence-corrected chi connectivity index (χ2v) is 4.55. The van der Waals surface area contributed by atoms with Crippen LogP contribution in [0.1, 0.15) is 13.8 Å². The molecule has 0 aliphatic heterocycles. The Bertz CT molecular complexity index is 372. The molecule has 18 heavy (non-hydrogen) atoms. The number of halogens is 2. The van der Waals surface area contributed by atoms with Crippen molar-refractivity contribution in [1.29, 1.82) is 0 Å². The molecule has 1 aromatic rings. The van der Waals surface area contributed by atoms with E-state index in [1.807, 2.05) is 13.8 Å². The minimum absolute atomic E-state index is 0.347. The van der Waals surface area contributed by atoms with E-state index >= 15 is 0 Å². The van der Waals surface area contributed by atoms with Crippen LogP contribution in [-0.2, 0) is 0 Å². The first-order valence-electron chi connectivity index (χ1n) is 6.16. The summed E-state index contributed by atoms with van der Waals surface area (Å²) in [5.41, 5.74) is 0.510. The Morgan fingerprint density at radius 3 is 2.67 bits per heavy atom. The molecule has 0 aromatic heterocycles. The van der Waals surface area contributed by atoms with Crippen LogP contribution in [0.3, 0.4) is 0 Å². The van der Waals surface area contributed by atoms with Gasteiger partial charge < -0.3 is 15.3 Å². The van der Waals surface area contributed by atoms with Gasteiger partial charge in [-0.05, 0) is 31.3 Å². The van der Waals surface area contributed by atoms with E-state index in [0.29, 0.717) is 23.8 Å². The molecule has 0 saturated heterocycles. The largest absolute Gasteiger partial charge is 0.390 e. The van der Waals surface area contributed by atoms with Crippen molar-refractivity contribution in [3.05, 3.63) is 29.0 Å². The zero-order valence-electron chi connectivity index (χ0n) is 10.8. The van der Waals surface area contributed by atoms with Gasteiger partial charge in [-0.25, -0.2) is 4.39 Å². The summed E-state index contributed by atoms with van der Waals surface area (Å²) in [6.45, 7) is 6.83. The van der Waals surface area contributed by atoms with E-state index < -0.39 is 6.10 Å². The van der Waals surface area contributed by atoms with Crippen LogP contribution >= 0.6 is 11.6 Å². The predicted octanol–water partition coefficient (Wildman–Crippen LogP) is 2.59. The highest BCUT2D eigenvalue weighted by atomic mass is 35.5. The zero-order valence-corrected chi connectivity index (χ0v) is 11.5. The van der Waals surface area contributed by atoms with Gasteiger partial charge in [-0.1, -0.05) is 25.4 Å². The molecule has 0 amide bonds. The standard InChI is InChI=1S/C13H20ClFN2O/c1-3-17(4-2)9-11(18)8-16-13-7-10(15)5-6-12(13)14/h5-7,11,16,18H,3-4,8-9H2,1-2H3. The number of aliphatic hydroxyl groups is 1. The average molecular weight is 275 g/mol. The Hall–Kier alpha value is -0.840. The average Bonchev–Trinajstić information content (AvgIpc) is 2.37. The molecule has 0 aliphatic rings. The molecule has 1 rings (SSSR count). The van der Waals surface area contributed by atoms with Crippen molar-refractivity contribution < 1.29 is 9.50 Å². The molecular weight excluding hydrogens is 255 g/mol. The highest BCUT2D eigenvalue weighted by Crippen LogP contribution is 2.22. The van der Waals surface area contributed by atoms with Gasteiger partial charge in [0.15, 0.2) is 0 Å². The summed E-state index contributed by atoms with van der Waals surface area (Å²) in [6.07, 6.45) is -0.510. The van der Waals surface area contributed by atoms with E-state index in [9.17, 15) is 9.50 Å². The molecule has 102 valence electrons. The van der Waals surface area contributed by atoms with Gasteiger partial charge in [-0.3, -0.25) is 0 Å². The molecule has 2 N–H and O–H groups in total. The molecule has 0 aliphatic carbocycles. The van der Waals surface area contributed by atoms with E-state index in [4.69, 9.17) is 11.6 Å². The summed E-state index contributed by atoms with van der Waals surface area (Å²) in [7, 11) is 0. The number of rotatable bonds is 7. The number of hydrogen-bond donors (Lipinski definition) is 2. The summed E-state index contributed by atoms with van der Waals surface area (Å²) < 4.78 is 13.0. The van der Waals surface area contributed by atoms with Crippen LogP contribution in [0.25, 0.3) is 0 Å². The topological polar surface area (TPSA) is 35.5 Å². The quantitative estimate of drug-likeness (QED) is 0.802. The van der Waals surface area contributed by atoms with Crippen molar-refractivity contribution in [3.8, 4) is 0 Å². The van der Waals surface area contributed by atoms with Crippen molar-refractivity contribution in [2.75, 3.05) is 31.5 Å². The normalized spacial score (nSPS) is 12.8. The Balaban J connectivity index is 2.46. The van der Waals surface area contributed by atoms with Gasteiger partial charge in [0.2, 0.25) is 0 Å². The summed E-state index contributed by atoms with van der Waals surface area (Å²) in [6, 6.07) is 4.13. The Morgan fingerprint density at radius 2 is 2.06 bits per heavy atom. The number of nitrogens with one attached hydrogen (secondary N) is 1. The maximum absolute atomic E-state index is 13.0. The fraction of sp³-hybridized carbons (Fsp3) is 0.538. The number of nitrogens with zero attached hydrogens (tertiary/aromatic N) is 1. The molecule has 1 atom stereocenters. The minimum atomic E-state index is -0.510. The van der Waals surface area contributed by atoms with Crippen LogP contribution in [0, 0.1) is 5.82 Å². The smallest absolute Gasteiger partial charge is 0.125 e. The van der Waals surface area contributed by atoms with E-state index in [0.717, 1.165) is 13.1 Å². The lowest BCUT2D eigenvalue weighted by Crippen LogP contribution is -2.35. The van der Waals surface area contributed by atoms with Crippen LogP contribution in [0.5, 0.6) is 0 Å². The van der Waals surface area contributed by atoms with Gasteiger partial charge in [0.1, 0.15) is 5.82 Å². The van der Waals surface area contributed by atoms with Crippen molar-refractivity contribution in [1.82, 2.24) is 4.90 Å². The van der Waals surface area contributed by atoms with Crippen LogP contribution in [0.4, 0.5) is 10.1 Å². The lowest BCUT2D eigenvalue weighted by molar-refractivity contribution is 0.128. The van der Waals surface area contributed by atoms with Gasteiger partial charge in [0, 0.05) is 13.1 Å². The summed E-state index contributed by atoms with van der Waals surface area (Å²) in [4.78, 5) is 2.12. The van der Waals surface area contributed by atoms with Gasteiger partial charge >= 0.3 is 0 Å². The fourth-order valence-electron chi connectivity index (χ4n) is 1.71. The number of hydrogen-bond acceptors (Lipinski definition) is 3. The monoisotopic (exact) mass is 274 g/mol. The van der Waals surface area contributed by atoms with Crippen LogP contribution < -0.4 is 5.32 Å². The lowest BCUT2D eigenvalue weighted by Gasteiger charge is -2.22. The molecular formula is C13H20ClFN2O. The van der Waals surface area contributed by atoms with Crippen molar-refractivity contribution >= 4 is 17.3 Å². The molecule has 0 bridgehead atoms. The van der Waals surface area contributed by atoms with Crippen LogP contribution in [0.2, 0.25) is 5.02 Å².